The summed E-state index contributed by atoms with van der Waals surface area (Å²) in [4.78, 5) is 9.17. The van der Waals surface area contributed by atoms with E-state index >= 15 is 0 Å². The zero-order chi connectivity index (χ0) is 18.7. The SMILES string of the molecule is CN=C(NCCN1CCOCC1)NCc1ccc(CN2CCOCC2)cc1.I. The van der Waals surface area contributed by atoms with E-state index in [1.807, 2.05) is 7.05 Å². The Labute approximate surface area is 185 Å². The lowest BCUT2D eigenvalue weighted by Gasteiger charge is -2.26. The number of aliphatic imine (C=N–C) groups is 1. The first-order chi connectivity index (χ1) is 13.3. The molecule has 0 aromatic heterocycles. The van der Waals surface area contributed by atoms with E-state index < -0.39 is 0 Å². The summed E-state index contributed by atoms with van der Waals surface area (Å²) in [6, 6.07) is 8.84. The van der Waals surface area contributed by atoms with Crippen LogP contribution in [0.5, 0.6) is 0 Å². The molecule has 28 heavy (non-hydrogen) atoms. The molecule has 0 atom stereocenters. The summed E-state index contributed by atoms with van der Waals surface area (Å²) < 4.78 is 10.8. The zero-order valence-corrected chi connectivity index (χ0v) is 19.2. The third-order valence-electron chi connectivity index (χ3n) is 5.04. The molecule has 2 fully saturated rings. The first-order valence-corrected chi connectivity index (χ1v) is 9.96. The summed E-state index contributed by atoms with van der Waals surface area (Å²) in [5, 5.41) is 6.78. The van der Waals surface area contributed by atoms with Crippen LogP contribution >= 0.6 is 24.0 Å². The van der Waals surface area contributed by atoms with Gasteiger partial charge < -0.3 is 20.1 Å². The van der Waals surface area contributed by atoms with E-state index in [1.165, 1.54) is 11.1 Å². The number of rotatable bonds is 7. The quantitative estimate of drug-likeness (QED) is 0.331. The Kier molecular flexibility index (Phi) is 11.1. The van der Waals surface area contributed by atoms with E-state index in [2.05, 4.69) is 49.7 Å². The minimum atomic E-state index is 0. The first-order valence-electron chi connectivity index (χ1n) is 9.96. The Morgan fingerprint density at radius 1 is 0.893 bits per heavy atom. The van der Waals surface area contributed by atoms with Crippen molar-refractivity contribution in [1.82, 2.24) is 20.4 Å². The Hall–Kier alpha value is -0.940. The fraction of sp³-hybridized carbons (Fsp3) is 0.650. The summed E-state index contributed by atoms with van der Waals surface area (Å²) in [5.41, 5.74) is 2.62. The highest BCUT2D eigenvalue weighted by Gasteiger charge is 2.11. The van der Waals surface area contributed by atoms with Gasteiger partial charge in [-0.1, -0.05) is 24.3 Å². The number of hydrogen-bond acceptors (Lipinski definition) is 5. The predicted octanol–water partition coefficient (Wildman–Crippen LogP) is 1.13. The number of morpholine rings is 2. The lowest BCUT2D eigenvalue weighted by atomic mass is 10.1. The molecule has 0 bridgehead atoms. The lowest BCUT2D eigenvalue weighted by Crippen LogP contribution is -2.44. The molecule has 0 radical (unpaired) electrons. The molecule has 2 aliphatic heterocycles. The van der Waals surface area contributed by atoms with Crippen molar-refractivity contribution < 1.29 is 9.47 Å². The van der Waals surface area contributed by atoms with Crippen molar-refractivity contribution in [2.45, 2.75) is 13.1 Å². The van der Waals surface area contributed by atoms with Crippen molar-refractivity contribution in [3.8, 4) is 0 Å². The van der Waals surface area contributed by atoms with E-state index in [-0.39, 0.29) is 24.0 Å². The molecule has 2 saturated heterocycles. The lowest BCUT2D eigenvalue weighted by molar-refractivity contribution is 0.0342. The van der Waals surface area contributed by atoms with Crippen LogP contribution in [0.15, 0.2) is 29.3 Å². The van der Waals surface area contributed by atoms with Gasteiger partial charge in [0.2, 0.25) is 0 Å². The average molecular weight is 503 g/mol. The van der Waals surface area contributed by atoms with Gasteiger partial charge in [-0.05, 0) is 11.1 Å². The maximum atomic E-state index is 5.41. The number of halogens is 1. The summed E-state index contributed by atoms with van der Waals surface area (Å²) in [6.45, 7) is 11.1. The molecule has 2 N–H and O–H groups in total. The van der Waals surface area contributed by atoms with Crippen LogP contribution in [0.3, 0.4) is 0 Å². The van der Waals surface area contributed by atoms with Gasteiger partial charge in [-0.15, -0.1) is 24.0 Å². The number of nitrogens with one attached hydrogen (secondary N) is 2. The fourth-order valence-electron chi connectivity index (χ4n) is 3.34. The van der Waals surface area contributed by atoms with Gasteiger partial charge in [-0.25, -0.2) is 0 Å². The van der Waals surface area contributed by atoms with Gasteiger partial charge in [0.05, 0.1) is 26.4 Å². The number of nitrogens with zero attached hydrogens (tertiary/aromatic N) is 3. The van der Waals surface area contributed by atoms with E-state index in [4.69, 9.17) is 9.47 Å². The van der Waals surface area contributed by atoms with E-state index in [0.717, 1.165) is 84.7 Å². The van der Waals surface area contributed by atoms with Gasteiger partial charge in [0, 0.05) is 59.4 Å². The second kappa shape index (κ2) is 13.3. The van der Waals surface area contributed by atoms with E-state index in [9.17, 15) is 0 Å². The number of hydrogen-bond donors (Lipinski definition) is 2. The normalized spacial score (nSPS) is 19.1. The molecule has 2 heterocycles. The predicted molar refractivity (Wildman–Crippen MR) is 123 cm³/mol. The highest BCUT2D eigenvalue weighted by Crippen LogP contribution is 2.09. The van der Waals surface area contributed by atoms with Crippen molar-refractivity contribution in [1.29, 1.82) is 0 Å². The van der Waals surface area contributed by atoms with Gasteiger partial charge in [0.25, 0.3) is 0 Å². The topological polar surface area (TPSA) is 61.4 Å². The molecule has 0 saturated carbocycles. The second-order valence-electron chi connectivity index (χ2n) is 7.01. The molecule has 3 rings (SSSR count). The molecular weight excluding hydrogens is 469 g/mol. The minimum absolute atomic E-state index is 0. The van der Waals surface area contributed by atoms with Gasteiger partial charge in [0.15, 0.2) is 5.96 Å². The molecule has 0 amide bonds. The highest BCUT2D eigenvalue weighted by molar-refractivity contribution is 14.0. The Morgan fingerprint density at radius 3 is 2.07 bits per heavy atom. The Morgan fingerprint density at radius 2 is 1.46 bits per heavy atom. The maximum Gasteiger partial charge on any atom is 0.191 e. The van der Waals surface area contributed by atoms with Gasteiger partial charge >= 0.3 is 0 Å². The molecule has 0 spiro atoms. The van der Waals surface area contributed by atoms with Crippen LogP contribution in [0.25, 0.3) is 0 Å². The van der Waals surface area contributed by atoms with Crippen molar-refractivity contribution in [3.05, 3.63) is 35.4 Å². The number of benzene rings is 1. The highest BCUT2D eigenvalue weighted by atomic mass is 127. The van der Waals surface area contributed by atoms with Crippen LogP contribution < -0.4 is 10.6 Å². The van der Waals surface area contributed by atoms with Crippen LogP contribution in [-0.4, -0.2) is 88.5 Å². The number of guanidine groups is 1. The Bertz CT molecular complexity index is 572. The van der Waals surface area contributed by atoms with Crippen LogP contribution in [-0.2, 0) is 22.6 Å². The van der Waals surface area contributed by atoms with Crippen molar-refractivity contribution in [2.75, 3.05) is 72.7 Å². The average Bonchev–Trinajstić information content (AvgIpc) is 2.73. The van der Waals surface area contributed by atoms with Crippen LogP contribution in [0, 0.1) is 0 Å². The summed E-state index contributed by atoms with van der Waals surface area (Å²) in [7, 11) is 1.81. The summed E-state index contributed by atoms with van der Waals surface area (Å²) >= 11 is 0. The second-order valence-corrected chi connectivity index (χ2v) is 7.01. The number of ether oxygens (including phenoxy) is 2. The molecule has 7 nitrogen and oxygen atoms in total. The summed E-state index contributed by atoms with van der Waals surface area (Å²) in [6.07, 6.45) is 0. The zero-order valence-electron chi connectivity index (χ0n) is 16.9. The molecule has 8 heteroatoms. The molecule has 158 valence electrons. The fourth-order valence-corrected chi connectivity index (χ4v) is 3.34. The third-order valence-corrected chi connectivity index (χ3v) is 5.04. The largest absolute Gasteiger partial charge is 0.379 e. The van der Waals surface area contributed by atoms with Crippen molar-refractivity contribution in [2.24, 2.45) is 4.99 Å². The molecule has 0 unspecified atom stereocenters. The van der Waals surface area contributed by atoms with E-state index in [0.29, 0.717) is 0 Å². The maximum absolute atomic E-state index is 5.41. The Balaban J connectivity index is 0.00000280. The molecule has 0 aliphatic carbocycles. The molecule has 1 aromatic carbocycles. The van der Waals surface area contributed by atoms with Crippen molar-refractivity contribution >= 4 is 29.9 Å². The minimum Gasteiger partial charge on any atom is -0.379 e. The molecule has 1 aromatic rings. The van der Waals surface area contributed by atoms with Gasteiger partial charge in [0.1, 0.15) is 0 Å². The standard InChI is InChI=1S/C20H33N5O2.HI/c1-21-20(22-6-7-24-8-12-26-13-9-24)23-16-18-2-4-19(5-3-18)17-25-10-14-27-15-11-25;/h2-5H,6-17H2,1H3,(H2,21,22,23);1H. The molecule has 2 aliphatic rings. The molecular formula is C20H34IN5O2. The van der Waals surface area contributed by atoms with Crippen LogP contribution in [0.4, 0.5) is 0 Å². The summed E-state index contributed by atoms with van der Waals surface area (Å²) in [5.74, 6) is 0.848. The van der Waals surface area contributed by atoms with Crippen LogP contribution in [0.1, 0.15) is 11.1 Å². The van der Waals surface area contributed by atoms with E-state index in [1.54, 1.807) is 0 Å². The van der Waals surface area contributed by atoms with Crippen LogP contribution in [0.2, 0.25) is 0 Å². The van der Waals surface area contributed by atoms with Crippen molar-refractivity contribution in [3.63, 3.8) is 0 Å². The third kappa shape index (κ3) is 8.20. The van der Waals surface area contributed by atoms with Gasteiger partial charge in [-0.2, -0.15) is 0 Å². The smallest absolute Gasteiger partial charge is 0.191 e. The first kappa shape index (κ1) is 23.3. The van der Waals surface area contributed by atoms with Gasteiger partial charge in [-0.3, -0.25) is 14.8 Å². The monoisotopic (exact) mass is 503 g/mol.